The Balaban J connectivity index is 1.06. The first-order valence-electron chi connectivity index (χ1n) is 23.4. The maximum Gasteiger partial charge on any atom is 0.522 e. The molecule has 0 heterocycles. The molecule has 75 heavy (non-hydrogen) atoms. The monoisotopic (exact) mass is 1040 g/mol. The summed E-state index contributed by atoms with van der Waals surface area (Å²) in [6, 6.07) is 39.0. The predicted molar refractivity (Wildman–Crippen MR) is 268 cm³/mol. The molecule has 0 radical (unpaired) electrons. The molecule has 0 amide bonds. The van der Waals surface area contributed by atoms with Gasteiger partial charge in [-0.2, -0.15) is 13.2 Å². The molecule has 0 aromatic heterocycles. The molecule has 0 unspecified atom stereocenters. The van der Waals surface area contributed by atoms with Crippen molar-refractivity contribution in [2.75, 3.05) is 37.9 Å². The fourth-order valence-electron chi connectivity index (χ4n) is 7.37. The second-order valence-corrected chi connectivity index (χ2v) is 17.3. The summed E-state index contributed by atoms with van der Waals surface area (Å²) in [6.07, 6.45) is -3.57. The van der Waals surface area contributed by atoms with E-state index in [4.69, 9.17) is 35.2 Å². The van der Waals surface area contributed by atoms with Crippen LogP contribution in [0, 0.1) is 5.41 Å². The summed E-state index contributed by atoms with van der Waals surface area (Å²) in [4.78, 5) is 52.3. The Morgan fingerprint density at radius 1 is 0.480 bits per heavy atom. The Morgan fingerprint density at radius 3 is 1.32 bits per heavy atom. The van der Waals surface area contributed by atoms with Gasteiger partial charge in [0.2, 0.25) is 0 Å². The highest BCUT2D eigenvalue weighted by molar-refractivity contribution is 5.92. The van der Waals surface area contributed by atoms with Crippen molar-refractivity contribution in [2.24, 2.45) is 5.41 Å². The van der Waals surface area contributed by atoms with Gasteiger partial charge in [-0.3, -0.25) is 4.74 Å². The zero-order valence-corrected chi connectivity index (χ0v) is 40.2. The molecule has 6 rings (SSSR count). The fourth-order valence-corrected chi connectivity index (χ4v) is 7.37. The van der Waals surface area contributed by atoms with Crippen molar-refractivity contribution < 1.29 is 73.9 Å². The van der Waals surface area contributed by atoms with Gasteiger partial charge in [0.05, 0.1) is 24.3 Å². The number of aryl methyl sites for hydroxylation is 1. The van der Waals surface area contributed by atoms with Crippen LogP contribution in [0.1, 0.15) is 67.8 Å². The van der Waals surface area contributed by atoms with E-state index in [0.29, 0.717) is 47.5 Å². The molecule has 0 bridgehead atoms. The average Bonchev–Trinajstić information content (AvgIpc) is 3.38. The third-order valence-corrected chi connectivity index (χ3v) is 11.2. The van der Waals surface area contributed by atoms with Gasteiger partial charge in [-0.15, -0.1) is 13.2 Å². The summed E-state index contributed by atoms with van der Waals surface area (Å²) in [5, 5.41) is 0. The van der Waals surface area contributed by atoms with Crippen LogP contribution >= 0.6 is 0 Å². The smallest absolute Gasteiger partial charge is 0.494 e. The maximum absolute atomic E-state index is 13.4. The molecule has 6 aromatic rings. The van der Waals surface area contributed by atoms with E-state index in [1.54, 1.807) is 72.8 Å². The Labute approximate surface area is 428 Å². The minimum atomic E-state index is -4.69. The number of esters is 4. The number of alkyl halides is 6. The Kier molecular flexibility index (Phi) is 19.8. The van der Waals surface area contributed by atoms with Crippen molar-refractivity contribution >= 4 is 47.4 Å². The number of hydrogen-bond acceptors (Lipinski definition) is 12. The van der Waals surface area contributed by atoms with Crippen molar-refractivity contribution in [2.45, 2.75) is 51.1 Å². The van der Waals surface area contributed by atoms with E-state index < -0.39 is 54.9 Å². The van der Waals surface area contributed by atoms with Crippen molar-refractivity contribution in [3.63, 3.8) is 0 Å². The van der Waals surface area contributed by atoms with E-state index in [1.807, 2.05) is 24.3 Å². The number of carbonyl (C=O) groups is 4. The number of rotatable bonds is 24. The third kappa shape index (κ3) is 19.9. The van der Waals surface area contributed by atoms with Gasteiger partial charge < -0.3 is 35.2 Å². The summed E-state index contributed by atoms with van der Waals surface area (Å²) in [7, 11) is 0. The van der Waals surface area contributed by atoms with Gasteiger partial charge in [-0.05, 0) is 157 Å². The molecule has 0 saturated carbocycles. The number of benzene rings is 6. The second-order valence-electron chi connectivity index (χ2n) is 17.3. The van der Waals surface area contributed by atoms with Crippen LogP contribution in [0.3, 0.4) is 0 Å². The molecule has 12 nitrogen and oxygen atoms in total. The zero-order valence-electron chi connectivity index (χ0n) is 40.2. The molecule has 0 atom stereocenters. The predicted octanol–water partition coefficient (Wildman–Crippen LogP) is 11.8. The average molecular weight is 1040 g/mol. The normalized spacial score (nSPS) is 11.9. The fraction of sp³-hybridized carbons (Fsp3) is 0.228. The molecule has 0 saturated heterocycles. The van der Waals surface area contributed by atoms with Gasteiger partial charge in [0, 0.05) is 35.4 Å². The highest BCUT2D eigenvalue weighted by Gasteiger charge is 2.35. The lowest BCUT2D eigenvalue weighted by atomic mass is 9.77. The van der Waals surface area contributed by atoms with E-state index in [9.17, 15) is 45.5 Å². The molecular formula is C57H52F6N2O10. The molecule has 0 aliphatic rings. The SMILES string of the molecule is Nc1ccc(CC(COC(=O)/C=C/c2ccc(OC(=O)c3ccc(CCCOC(F)(F)F)cc3)cc2)(COC(=O)/C=C/c2ccc(OC(=O)c3ccc(OCCCC(F)(F)F)cc3)cc2)Cc2ccc(N)cc2)cc1. The lowest BCUT2D eigenvalue weighted by Gasteiger charge is -2.33. The van der Waals surface area contributed by atoms with Gasteiger partial charge in [0.25, 0.3) is 0 Å². The summed E-state index contributed by atoms with van der Waals surface area (Å²) in [6.45, 7) is -0.986. The molecule has 6 aromatic carbocycles. The van der Waals surface area contributed by atoms with Crippen LogP contribution in [0.15, 0.2) is 158 Å². The highest BCUT2D eigenvalue weighted by atomic mass is 19.4. The topological polar surface area (TPSA) is 176 Å². The lowest BCUT2D eigenvalue weighted by molar-refractivity contribution is -0.324. The molecule has 0 aliphatic heterocycles. The Morgan fingerprint density at radius 2 is 0.893 bits per heavy atom. The first kappa shape index (κ1) is 55.9. The molecule has 0 spiro atoms. The first-order valence-corrected chi connectivity index (χ1v) is 23.4. The quantitative estimate of drug-likeness (QED) is 0.0147. The molecule has 392 valence electrons. The van der Waals surface area contributed by atoms with E-state index in [2.05, 4.69) is 4.74 Å². The van der Waals surface area contributed by atoms with Crippen LogP contribution in [0.5, 0.6) is 17.2 Å². The number of ether oxygens (including phenoxy) is 6. The van der Waals surface area contributed by atoms with E-state index in [0.717, 1.165) is 16.7 Å². The van der Waals surface area contributed by atoms with Crippen LogP contribution in [-0.4, -0.2) is 62.8 Å². The number of anilines is 2. The van der Waals surface area contributed by atoms with Gasteiger partial charge >= 0.3 is 36.4 Å². The molecule has 18 heteroatoms. The maximum atomic E-state index is 13.4. The number of carbonyl (C=O) groups excluding carboxylic acids is 4. The van der Waals surface area contributed by atoms with Crippen molar-refractivity contribution in [3.05, 3.63) is 197 Å². The van der Waals surface area contributed by atoms with Gasteiger partial charge in [-0.1, -0.05) is 60.7 Å². The van der Waals surface area contributed by atoms with Crippen LogP contribution in [0.4, 0.5) is 37.7 Å². The number of nitrogen functional groups attached to an aromatic ring is 2. The minimum absolute atomic E-state index is 0.133. The van der Waals surface area contributed by atoms with E-state index in [1.165, 1.54) is 72.8 Å². The summed E-state index contributed by atoms with van der Waals surface area (Å²) in [5.41, 5.74) is 16.0. The zero-order chi connectivity index (χ0) is 53.9. The summed E-state index contributed by atoms with van der Waals surface area (Å²) < 4.78 is 106. The Hall–Kier alpha value is -8.38. The highest BCUT2D eigenvalue weighted by Crippen LogP contribution is 2.31. The Bertz CT molecular complexity index is 2670. The largest absolute Gasteiger partial charge is 0.522 e. The second kappa shape index (κ2) is 26.5. The van der Waals surface area contributed by atoms with E-state index >= 15 is 0 Å². The van der Waals surface area contributed by atoms with Gasteiger partial charge in [0.1, 0.15) is 30.5 Å². The molecular weight excluding hydrogens is 987 g/mol. The number of halogens is 6. The van der Waals surface area contributed by atoms with Gasteiger partial charge in [-0.25, -0.2) is 19.2 Å². The lowest BCUT2D eigenvalue weighted by Crippen LogP contribution is -2.38. The molecule has 0 aliphatic carbocycles. The van der Waals surface area contributed by atoms with Crippen molar-refractivity contribution in [1.29, 1.82) is 0 Å². The van der Waals surface area contributed by atoms with Crippen molar-refractivity contribution in [1.82, 2.24) is 0 Å². The summed E-state index contributed by atoms with van der Waals surface area (Å²) in [5.74, 6) is -1.96. The first-order chi connectivity index (χ1) is 35.8. The van der Waals surface area contributed by atoms with Crippen LogP contribution in [0.25, 0.3) is 12.2 Å². The molecule has 0 fully saturated rings. The number of nitrogens with two attached hydrogens (primary N) is 2. The van der Waals surface area contributed by atoms with Crippen LogP contribution in [0.2, 0.25) is 0 Å². The van der Waals surface area contributed by atoms with E-state index in [-0.39, 0.29) is 55.3 Å². The third-order valence-electron chi connectivity index (χ3n) is 11.2. The summed E-state index contributed by atoms with van der Waals surface area (Å²) >= 11 is 0. The van der Waals surface area contributed by atoms with Crippen molar-refractivity contribution in [3.8, 4) is 17.2 Å². The number of hydrogen-bond donors (Lipinski definition) is 2. The minimum Gasteiger partial charge on any atom is -0.494 e. The van der Waals surface area contributed by atoms with Crippen LogP contribution in [-0.2, 0) is 43.1 Å². The van der Waals surface area contributed by atoms with Crippen LogP contribution < -0.4 is 25.7 Å². The molecule has 4 N–H and O–H groups in total. The standard InChI is InChI=1S/C57H52F6N2O10/c58-56(59,60)32-2-33-70-48-28-18-45(19-29-48)54(69)75-50-26-12-41(13-27-50)15-31-52(67)72-38-55(35-42-6-20-46(64)21-7-42,36-43-8-22-47(65)23-9-43)37-71-51(66)30-14-40-10-24-49(25-11-40)74-53(68)44-16-4-39(5-17-44)3-1-34-73-57(61,62)63/h4-31H,1-3,32-38,64-65H2/b30-14+,31-15+. The van der Waals surface area contributed by atoms with Gasteiger partial charge in [0.15, 0.2) is 0 Å².